The second-order valence-electron chi connectivity index (χ2n) is 5.54. The lowest BCUT2D eigenvalue weighted by Crippen LogP contribution is -2.61. The van der Waals surface area contributed by atoms with Crippen molar-refractivity contribution in [2.75, 3.05) is 0 Å². The van der Waals surface area contributed by atoms with Crippen LogP contribution in [0.15, 0.2) is 0 Å². The maximum Gasteiger partial charge on any atom is 0.240 e. The summed E-state index contributed by atoms with van der Waals surface area (Å²) in [4.78, 5) is 12.0. The first-order valence-corrected chi connectivity index (χ1v) is 6.75. The molecule has 0 radical (unpaired) electrons. The fourth-order valence-electron chi connectivity index (χ4n) is 2.98. The summed E-state index contributed by atoms with van der Waals surface area (Å²) >= 11 is 0. The highest BCUT2D eigenvalue weighted by Crippen LogP contribution is 2.31. The van der Waals surface area contributed by atoms with Crippen LogP contribution in [0.3, 0.4) is 0 Å². The first kappa shape index (κ1) is 11.9. The number of hydrogen-bond donors (Lipinski definition) is 2. The smallest absolute Gasteiger partial charge is 0.240 e. The minimum atomic E-state index is -0.532. The number of carbonyl (C=O) groups is 1. The fourth-order valence-corrected chi connectivity index (χ4v) is 2.98. The van der Waals surface area contributed by atoms with Crippen LogP contribution in [0.1, 0.15) is 58.3 Å². The number of rotatable bonds is 3. The molecule has 0 heterocycles. The van der Waals surface area contributed by atoms with Crippen LogP contribution in [0.25, 0.3) is 0 Å². The molecule has 2 aliphatic rings. The third-order valence-electron chi connectivity index (χ3n) is 4.45. The molecule has 92 valence electrons. The molecule has 2 saturated carbocycles. The van der Waals surface area contributed by atoms with Gasteiger partial charge < -0.3 is 11.1 Å². The first-order chi connectivity index (χ1) is 7.65. The summed E-state index contributed by atoms with van der Waals surface area (Å²) in [5.41, 5.74) is 5.51. The normalized spacial score (nSPS) is 32.9. The van der Waals surface area contributed by atoms with Gasteiger partial charge in [0.2, 0.25) is 5.91 Å². The molecule has 0 aromatic carbocycles. The second kappa shape index (κ2) is 4.74. The zero-order chi connectivity index (χ0) is 11.6. The van der Waals surface area contributed by atoms with Crippen LogP contribution in [0.5, 0.6) is 0 Å². The van der Waals surface area contributed by atoms with Gasteiger partial charge in [-0.2, -0.15) is 0 Å². The van der Waals surface area contributed by atoms with Crippen LogP contribution < -0.4 is 11.1 Å². The van der Waals surface area contributed by atoms with E-state index < -0.39 is 5.54 Å². The van der Waals surface area contributed by atoms with Crippen molar-refractivity contribution in [2.24, 2.45) is 11.7 Å². The summed E-state index contributed by atoms with van der Waals surface area (Å²) < 4.78 is 0. The molecule has 0 saturated heterocycles. The van der Waals surface area contributed by atoms with E-state index in [2.05, 4.69) is 12.2 Å². The highest BCUT2D eigenvalue weighted by Gasteiger charge is 2.41. The second-order valence-corrected chi connectivity index (χ2v) is 5.54. The molecule has 2 fully saturated rings. The van der Waals surface area contributed by atoms with Gasteiger partial charge in [-0.1, -0.05) is 26.2 Å². The number of carbonyl (C=O) groups excluding carboxylic acids is 1. The lowest BCUT2D eigenvalue weighted by molar-refractivity contribution is -0.130. The zero-order valence-corrected chi connectivity index (χ0v) is 10.3. The molecule has 3 heteroatoms. The summed E-state index contributed by atoms with van der Waals surface area (Å²) in [6, 6.07) is 0.382. The topological polar surface area (TPSA) is 55.1 Å². The number of hydrogen-bond acceptors (Lipinski definition) is 2. The standard InChI is InChI=1S/C13H24N2O/c1-2-10-6-3-4-7-11(10)15-12(16)13(14)8-5-9-13/h10-11H,2-9,14H2,1H3,(H,15,16). The fraction of sp³-hybridized carbons (Fsp3) is 0.923. The van der Waals surface area contributed by atoms with Crippen molar-refractivity contribution in [2.45, 2.75) is 69.9 Å². The van der Waals surface area contributed by atoms with Crippen molar-refractivity contribution < 1.29 is 4.79 Å². The minimum absolute atomic E-state index is 0.101. The van der Waals surface area contributed by atoms with Gasteiger partial charge in [0.25, 0.3) is 0 Å². The summed E-state index contributed by atoms with van der Waals surface area (Å²) in [5, 5.41) is 3.20. The Labute approximate surface area is 98.2 Å². The Kier molecular flexibility index (Phi) is 3.53. The average molecular weight is 224 g/mol. The average Bonchev–Trinajstić information content (AvgIpc) is 2.26. The molecule has 3 nitrogen and oxygen atoms in total. The molecule has 2 atom stereocenters. The van der Waals surface area contributed by atoms with Crippen LogP contribution in [0, 0.1) is 5.92 Å². The van der Waals surface area contributed by atoms with Gasteiger partial charge in [0, 0.05) is 6.04 Å². The Hall–Kier alpha value is -0.570. The van der Waals surface area contributed by atoms with E-state index >= 15 is 0 Å². The van der Waals surface area contributed by atoms with Gasteiger partial charge in [-0.15, -0.1) is 0 Å². The van der Waals surface area contributed by atoms with Gasteiger partial charge >= 0.3 is 0 Å². The summed E-state index contributed by atoms with van der Waals surface area (Å²) in [7, 11) is 0. The third kappa shape index (κ3) is 2.24. The minimum Gasteiger partial charge on any atom is -0.351 e. The summed E-state index contributed by atoms with van der Waals surface area (Å²) in [5.74, 6) is 0.769. The van der Waals surface area contributed by atoms with E-state index in [4.69, 9.17) is 5.73 Å². The van der Waals surface area contributed by atoms with Crippen LogP contribution >= 0.6 is 0 Å². The van der Waals surface area contributed by atoms with E-state index in [1.165, 1.54) is 25.7 Å². The maximum absolute atomic E-state index is 12.0. The van der Waals surface area contributed by atoms with E-state index in [1.54, 1.807) is 0 Å². The van der Waals surface area contributed by atoms with E-state index in [0.717, 1.165) is 25.7 Å². The molecule has 2 rings (SSSR count). The van der Waals surface area contributed by atoms with Crippen molar-refractivity contribution in [3.05, 3.63) is 0 Å². The van der Waals surface area contributed by atoms with Gasteiger partial charge in [-0.25, -0.2) is 0 Å². The largest absolute Gasteiger partial charge is 0.351 e. The maximum atomic E-state index is 12.0. The van der Waals surface area contributed by atoms with Crippen LogP contribution in [0.4, 0.5) is 0 Å². The van der Waals surface area contributed by atoms with E-state index in [1.807, 2.05) is 0 Å². The van der Waals surface area contributed by atoms with Crippen LogP contribution in [-0.4, -0.2) is 17.5 Å². The summed E-state index contributed by atoms with van der Waals surface area (Å²) in [6.07, 6.45) is 8.97. The van der Waals surface area contributed by atoms with Crippen LogP contribution in [-0.2, 0) is 4.79 Å². The van der Waals surface area contributed by atoms with E-state index in [-0.39, 0.29) is 5.91 Å². The molecule has 0 aromatic rings. The SMILES string of the molecule is CCC1CCCCC1NC(=O)C1(N)CCC1. The lowest BCUT2D eigenvalue weighted by Gasteiger charge is -2.39. The molecule has 0 aliphatic heterocycles. The van der Waals surface area contributed by atoms with Crippen molar-refractivity contribution in [3.63, 3.8) is 0 Å². The van der Waals surface area contributed by atoms with Gasteiger partial charge in [-0.05, 0) is 38.0 Å². The Balaban J connectivity index is 1.89. The van der Waals surface area contributed by atoms with Crippen molar-refractivity contribution in [3.8, 4) is 0 Å². The highest BCUT2D eigenvalue weighted by molar-refractivity contribution is 5.87. The molecule has 1 amide bonds. The van der Waals surface area contributed by atoms with Crippen molar-refractivity contribution >= 4 is 5.91 Å². The predicted molar refractivity (Wildman–Crippen MR) is 64.9 cm³/mol. The van der Waals surface area contributed by atoms with Crippen LogP contribution in [0.2, 0.25) is 0 Å². The number of nitrogens with two attached hydrogens (primary N) is 1. The summed E-state index contributed by atoms with van der Waals surface area (Å²) in [6.45, 7) is 2.22. The molecule has 16 heavy (non-hydrogen) atoms. The molecule has 2 unspecified atom stereocenters. The first-order valence-electron chi connectivity index (χ1n) is 6.75. The van der Waals surface area contributed by atoms with Gasteiger partial charge in [0.05, 0.1) is 5.54 Å². The molecule has 3 N–H and O–H groups in total. The van der Waals surface area contributed by atoms with Gasteiger partial charge in [0.1, 0.15) is 0 Å². The Morgan fingerprint density at radius 3 is 2.56 bits per heavy atom. The quantitative estimate of drug-likeness (QED) is 0.770. The van der Waals surface area contributed by atoms with Crippen molar-refractivity contribution in [1.29, 1.82) is 0 Å². The Morgan fingerprint density at radius 2 is 2.00 bits per heavy atom. The highest BCUT2D eigenvalue weighted by atomic mass is 16.2. The zero-order valence-electron chi connectivity index (χ0n) is 10.3. The Bertz CT molecular complexity index is 261. The van der Waals surface area contributed by atoms with Crippen molar-refractivity contribution in [1.82, 2.24) is 5.32 Å². The van der Waals surface area contributed by atoms with E-state index in [9.17, 15) is 4.79 Å². The number of amides is 1. The molecule has 0 spiro atoms. The molecule has 2 aliphatic carbocycles. The molecular weight excluding hydrogens is 200 g/mol. The van der Waals surface area contributed by atoms with Gasteiger partial charge in [-0.3, -0.25) is 4.79 Å². The predicted octanol–water partition coefficient (Wildman–Crippen LogP) is 1.95. The lowest BCUT2D eigenvalue weighted by atomic mass is 9.76. The monoisotopic (exact) mass is 224 g/mol. The Morgan fingerprint density at radius 1 is 1.31 bits per heavy atom. The molecule has 0 aromatic heterocycles. The van der Waals surface area contributed by atoms with E-state index in [0.29, 0.717) is 12.0 Å². The van der Waals surface area contributed by atoms with Gasteiger partial charge in [0.15, 0.2) is 0 Å². The molecule has 0 bridgehead atoms. The third-order valence-corrected chi connectivity index (χ3v) is 4.45. The molecular formula is C13H24N2O. The number of nitrogens with one attached hydrogen (secondary N) is 1.